The zero-order valence-corrected chi connectivity index (χ0v) is 15.9. The number of nitrogens with one attached hydrogen (secondary N) is 2. The van der Waals surface area contributed by atoms with Crippen molar-refractivity contribution in [1.29, 1.82) is 0 Å². The van der Waals surface area contributed by atoms with Crippen LogP contribution < -0.4 is 10.6 Å². The largest absolute Gasteiger partial charge is 0.332 e. The van der Waals surface area contributed by atoms with Crippen LogP contribution in [0, 0.1) is 15.9 Å². The molecular formula is C21H16FN3O3S. The van der Waals surface area contributed by atoms with E-state index in [-0.39, 0.29) is 16.7 Å². The molecule has 0 aromatic heterocycles. The maximum Gasteiger partial charge on any atom is 0.306 e. The van der Waals surface area contributed by atoms with Gasteiger partial charge in [-0.3, -0.25) is 14.9 Å². The Kier molecular flexibility index (Phi) is 6.25. The predicted octanol–water partition coefficient (Wildman–Crippen LogP) is 4.38. The summed E-state index contributed by atoms with van der Waals surface area (Å²) < 4.78 is 13.5. The predicted molar refractivity (Wildman–Crippen MR) is 112 cm³/mol. The molecule has 146 valence electrons. The summed E-state index contributed by atoms with van der Waals surface area (Å²) >= 11 is 5.17. The highest BCUT2D eigenvalue weighted by atomic mass is 32.1. The van der Waals surface area contributed by atoms with E-state index in [1.807, 2.05) is 60.7 Å². The zero-order chi connectivity index (χ0) is 20.8. The number of hydrogen-bond acceptors (Lipinski definition) is 4. The zero-order valence-electron chi connectivity index (χ0n) is 15.0. The number of rotatable bonds is 5. The SMILES string of the molecule is O=C(NC(=S)Nc1ccc(F)c([N+](=O)[O-])c1)C(c1ccccc1)c1ccccc1. The van der Waals surface area contributed by atoms with Crippen molar-refractivity contribution in [2.24, 2.45) is 0 Å². The van der Waals surface area contributed by atoms with Crippen LogP contribution in [-0.4, -0.2) is 15.9 Å². The second-order valence-electron chi connectivity index (χ2n) is 6.12. The van der Waals surface area contributed by atoms with Crippen LogP contribution >= 0.6 is 12.2 Å². The number of nitro groups is 1. The first-order chi connectivity index (χ1) is 14.0. The third-order valence-electron chi connectivity index (χ3n) is 4.17. The molecule has 0 saturated carbocycles. The summed E-state index contributed by atoms with van der Waals surface area (Å²) in [6, 6.07) is 21.7. The molecule has 2 N–H and O–H groups in total. The van der Waals surface area contributed by atoms with E-state index in [4.69, 9.17) is 12.2 Å². The van der Waals surface area contributed by atoms with Gasteiger partial charge in [0.1, 0.15) is 0 Å². The van der Waals surface area contributed by atoms with E-state index in [0.29, 0.717) is 0 Å². The van der Waals surface area contributed by atoms with Crippen molar-refractivity contribution in [3.05, 3.63) is 106 Å². The molecule has 0 atom stereocenters. The number of hydrogen-bond donors (Lipinski definition) is 2. The van der Waals surface area contributed by atoms with Crippen LogP contribution in [0.25, 0.3) is 0 Å². The van der Waals surface area contributed by atoms with E-state index in [0.717, 1.165) is 23.3 Å². The smallest absolute Gasteiger partial charge is 0.306 e. The van der Waals surface area contributed by atoms with Crippen LogP contribution in [0.4, 0.5) is 15.8 Å². The first-order valence-corrected chi connectivity index (χ1v) is 9.02. The number of thiocarbonyl (C=S) groups is 1. The van der Waals surface area contributed by atoms with E-state index >= 15 is 0 Å². The third kappa shape index (κ3) is 4.99. The standard InChI is InChI=1S/C21H16FN3O3S/c22-17-12-11-16(13-18(17)25(27)28)23-21(29)24-20(26)19(14-7-3-1-4-8-14)15-9-5-2-6-10-15/h1-13,19H,(H2,23,24,26,29). The third-order valence-corrected chi connectivity index (χ3v) is 4.37. The Balaban J connectivity index is 1.79. The molecule has 0 aliphatic heterocycles. The minimum absolute atomic E-state index is 0.0484. The summed E-state index contributed by atoms with van der Waals surface area (Å²) in [6.45, 7) is 0. The number of carbonyl (C=O) groups is 1. The van der Waals surface area contributed by atoms with Crippen LogP contribution in [0.15, 0.2) is 78.9 Å². The Morgan fingerprint density at radius 3 is 2.03 bits per heavy atom. The molecule has 29 heavy (non-hydrogen) atoms. The minimum Gasteiger partial charge on any atom is -0.332 e. The van der Waals surface area contributed by atoms with Gasteiger partial charge in [0.15, 0.2) is 5.11 Å². The normalized spacial score (nSPS) is 10.4. The molecule has 0 fully saturated rings. The summed E-state index contributed by atoms with van der Waals surface area (Å²) in [5.41, 5.74) is 1.09. The summed E-state index contributed by atoms with van der Waals surface area (Å²) in [5, 5.41) is 16.1. The summed E-state index contributed by atoms with van der Waals surface area (Å²) in [7, 11) is 0. The van der Waals surface area contributed by atoms with E-state index in [2.05, 4.69) is 10.6 Å². The molecule has 0 saturated heterocycles. The van der Waals surface area contributed by atoms with Gasteiger partial charge in [0.25, 0.3) is 0 Å². The highest BCUT2D eigenvalue weighted by Gasteiger charge is 2.23. The maximum absolute atomic E-state index is 13.5. The van der Waals surface area contributed by atoms with E-state index in [1.165, 1.54) is 6.07 Å². The van der Waals surface area contributed by atoms with Crippen LogP contribution in [0.2, 0.25) is 0 Å². The van der Waals surface area contributed by atoms with E-state index < -0.39 is 22.3 Å². The molecule has 0 bridgehead atoms. The van der Waals surface area contributed by atoms with Gasteiger partial charge in [0.05, 0.1) is 10.8 Å². The van der Waals surface area contributed by atoms with Gasteiger partial charge in [-0.25, -0.2) is 0 Å². The van der Waals surface area contributed by atoms with Crippen LogP contribution in [0.1, 0.15) is 17.0 Å². The fraction of sp³-hybridized carbons (Fsp3) is 0.0476. The Hall–Kier alpha value is -3.65. The Morgan fingerprint density at radius 2 is 1.52 bits per heavy atom. The highest BCUT2D eigenvalue weighted by Crippen LogP contribution is 2.25. The summed E-state index contributed by atoms with van der Waals surface area (Å²) in [5.74, 6) is -1.92. The van der Waals surface area contributed by atoms with Crippen molar-refractivity contribution in [1.82, 2.24) is 5.32 Å². The molecule has 0 aliphatic rings. The number of carbonyl (C=O) groups excluding carboxylic acids is 1. The molecule has 0 heterocycles. The van der Waals surface area contributed by atoms with Crippen molar-refractivity contribution >= 4 is 34.6 Å². The lowest BCUT2D eigenvalue weighted by Gasteiger charge is -2.18. The first kappa shape index (κ1) is 20.1. The molecule has 1 amide bonds. The Morgan fingerprint density at radius 1 is 0.966 bits per heavy atom. The molecule has 8 heteroatoms. The van der Waals surface area contributed by atoms with Crippen LogP contribution in [0.5, 0.6) is 0 Å². The Labute approximate surface area is 171 Å². The minimum atomic E-state index is -0.955. The van der Waals surface area contributed by atoms with Crippen molar-refractivity contribution < 1.29 is 14.1 Å². The van der Waals surface area contributed by atoms with Crippen LogP contribution in [-0.2, 0) is 4.79 Å². The number of anilines is 1. The molecule has 6 nitrogen and oxygen atoms in total. The van der Waals surface area contributed by atoms with Crippen molar-refractivity contribution in [2.45, 2.75) is 5.92 Å². The van der Waals surface area contributed by atoms with Gasteiger partial charge < -0.3 is 10.6 Å². The monoisotopic (exact) mass is 409 g/mol. The van der Waals surface area contributed by atoms with Crippen molar-refractivity contribution in [3.8, 4) is 0 Å². The lowest BCUT2D eigenvalue weighted by molar-refractivity contribution is -0.387. The average Bonchev–Trinajstić information content (AvgIpc) is 2.71. The van der Waals surface area contributed by atoms with Gasteiger partial charge >= 0.3 is 5.69 Å². The maximum atomic E-state index is 13.5. The quantitative estimate of drug-likeness (QED) is 0.371. The molecule has 0 spiro atoms. The molecule has 0 radical (unpaired) electrons. The second kappa shape index (κ2) is 9.03. The van der Waals surface area contributed by atoms with Gasteiger partial charge in [-0.2, -0.15) is 4.39 Å². The Bertz CT molecular complexity index is 1010. The van der Waals surface area contributed by atoms with Gasteiger partial charge in [0, 0.05) is 11.8 Å². The molecular weight excluding hydrogens is 393 g/mol. The van der Waals surface area contributed by atoms with E-state index in [9.17, 15) is 19.3 Å². The average molecular weight is 409 g/mol. The second-order valence-corrected chi connectivity index (χ2v) is 6.53. The number of amides is 1. The molecule has 0 unspecified atom stereocenters. The molecule has 3 rings (SSSR count). The van der Waals surface area contributed by atoms with Crippen molar-refractivity contribution in [2.75, 3.05) is 5.32 Å². The number of nitrogens with zero attached hydrogens (tertiary/aromatic N) is 1. The summed E-state index contributed by atoms with van der Waals surface area (Å²) in [6.07, 6.45) is 0. The van der Waals surface area contributed by atoms with Gasteiger partial charge in [-0.15, -0.1) is 0 Å². The number of halogens is 1. The van der Waals surface area contributed by atoms with Gasteiger partial charge in [0.2, 0.25) is 11.7 Å². The van der Waals surface area contributed by atoms with E-state index in [1.54, 1.807) is 0 Å². The topological polar surface area (TPSA) is 84.3 Å². The van der Waals surface area contributed by atoms with Gasteiger partial charge in [-0.1, -0.05) is 60.7 Å². The molecule has 3 aromatic rings. The lowest BCUT2D eigenvalue weighted by atomic mass is 9.90. The summed E-state index contributed by atoms with van der Waals surface area (Å²) in [4.78, 5) is 23.0. The first-order valence-electron chi connectivity index (χ1n) is 8.61. The van der Waals surface area contributed by atoms with Crippen LogP contribution in [0.3, 0.4) is 0 Å². The molecule has 0 aliphatic carbocycles. The number of benzene rings is 3. The molecule has 3 aromatic carbocycles. The van der Waals surface area contributed by atoms with Crippen molar-refractivity contribution in [3.63, 3.8) is 0 Å². The highest BCUT2D eigenvalue weighted by molar-refractivity contribution is 7.80. The number of nitro benzene ring substituents is 1. The fourth-order valence-electron chi connectivity index (χ4n) is 2.86. The lowest BCUT2D eigenvalue weighted by Crippen LogP contribution is -2.37. The fourth-order valence-corrected chi connectivity index (χ4v) is 3.08. The van der Waals surface area contributed by atoms with Gasteiger partial charge in [-0.05, 0) is 35.5 Å².